The first-order valence-electron chi connectivity index (χ1n) is 8.08. The molecule has 2 heteroatoms. The predicted octanol–water partition coefficient (Wildman–Crippen LogP) is 3.80. The van der Waals surface area contributed by atoms with Gasteiger partial charge in [-0.25, -0.2) is 0 Å². The van der Waals surface area contributed by atoms with Crippen molar-refractivity contribution in [3.63, 3.8) is 0 Å². The lowest BCUT2D eigenvalue weighted by Crippen LogP contribution is -2.57. The first kappa shape index (κ1) is 14.6. The zero-order chi connectivity index (χ0) is 15.0. The van der Waals surface area contributed by atoms with Gasteiger partial charge in [0, 0.05) is 18.0 Å². The molecule has 0 amide bonds. The summed E-state index contributed by atoms with van der Waals surface area (Å²) < 4.78 is 5.48. The third kappa shape index (κ3) is 2.30. The highest BCUT2D eigenvalue weighted by Gasteiger charge is 2.49. The summed E-state index contributed by atoms with van der Waals surface area (Å²) in [4.78, 5) is 2.51. The molecule has 2 aliphatic carbocycles. The molecule has 0 radical (unpaired) electrons. The van der Waals surface area contributed by atoms with E-state index in [0.717, 1.165) is 18.2 Å². The van der Waals surface area contributed by atoms with Crippen LogP contribution in [0.3, 0.4) is 0 Å². The minimum Gasteiger partial charge on any atom is -0.497 e. The summed E-state index contributed by atoms with van der Waals surface area (Å²) in [5.74, 6) is 1.76. The van der Waals surface area contributed by atoms with E-state index in [1.54, 1.807) is 7.11 Å². The number of rotatable bonds is 4. The van der Waals surface area contributed by atoms with Crippen molar-refractivity contribution >= 4 is 0 Å². The Morgan fingerprint density at radius 1 is 1.48 bits per heavy atom. The van der Waals surface area contributed by atoms with E-state index in [0.29, 0.717) is 6.04 Å². The van der Waals surface area contributed by atoms with Gasteiger partial charge in [-0.15, -0.1) is 6.58 Å². The molecular formula is C19H27NO. The van der Waals surface area contributed by atoms with E-state index < -0.39 is 0 Å². The van der Waals surface area contributed by atoms with Crippen LogP contribution in [-0.2, 0) is 11.8 Å². The molecule has 0 aliphatic heterocycles. The molecule has 0 saturated heterocycles. The minimum atomic E-state index is 0.239. The van der Waals surface area contributed by atoms with E-state index in [4.69, 9.17) is 4.74 Å². The highest BCUT2D eigenvalue weighted by Crippen LogP contribution is 2.51. The summed E-state index contributed by atoms with van der Waals surface area (Å²) in [5, 5.41) is 0. The molecule has 1 aromatic carbocycles. The summed E-state index contributed by atoms with van der Waals surface area (Å²) in [5.41, 5.74) is 3.29. The number of nitrogens with zero attached hydrogens (tertiary/aromatic N) is 1. The Morgan fingerprint density at radius 3 is 3.00 bits per heavy atom. The van der Waals surface area contributed by atoms with Crippen LogP contribution in [0.25, 0.3) is 0 Å². The second kappa shape index (κ2) is 5.49. The van der Waals surface area contributed by atoms with Crippen molar-refractivity contribution in [2.24, 2.45) is 5.92 Å². The zero-order valence-corrected chi connectivity index (χ0v) is 13.6. The summed E-state index contributed by atoms with van der Waals surface area (Å²) in [6.45, 7) is 7.35. The number of likely N-dealkylation sites (N-methyl/N-ethyl adjacent to an activating group) is 1. The Morgan fingerprint density at radius 2 is 2.29 bits per heavy atom. The number of hydrogen-bond donors (Lipinski definition) is 0. The first-order chi connectivity index (χ1) is 10.1. The Hall–Kier alpha value is -1.28. The second-order valence-corrected chi connectivity index (χ2v) is 6.97. The molecular weight excluding hydrogens is 258 g/mol. The summed E-state index contributed by atoms with van der Waals surface area (Å²) in [6, 6.07) is 7.30. The Bertz CT molecular complexity index is 538. The molecule has 114 valence electrons. The third-order valence-electron chi connectivity index (χ3n) is 5.68. The van der Waals surface area contributed by atoms with Crippen LogP contribution in [0.2, 0.25) is 0 Å². The lowest BCUT2D eigenvalue weighted by Gasteiger charge is -2.54. The van der Waals surface area contributed by atoms with Crippen molar-refractivity contribution < 1.29 is 4.74 Å². The molecule has 1 saturated carbocycles. The number of methoxy groups -OCH3 is 1. The fourth-order valence-electron chi connectivity index (χ4n) is 4.90. The standard InChI is InChI=1S/C19H27NO/c1-5-11-20(3)18-15-7-6-10-19(18,2)17-13-16(21-4)9-8-14(17)12-15/h5,8-9,13,15,18H,1,6-7,10-12H2,2-4H3/t15?,18-,19-/m1/s1. The van der Waals surface area contributed by atoms with Crippen molar-refractivity contribution in [1.82, 2.24) is 4.90 Å². The maximum absolute atomic E-state index is 5.48. The van der Waals surface area contributed by atoms with Gasteiger partial charge in [0.25, 0.3) is 0 Å². The molecule has 1 fully saturated rings. The van der Waals surface area contributed by atoms with E-state index >= 15 is 0 Å². The summed E-state index contributed by atoms with van der Waals surface area (Å²) in [6.07, 6.45) is 7.21. The maximum atomic E-state index is 5.48. The van der Waals surface area contributed by atoms with Gasteiger partial charge in [0.2, 0.25) is 0 Å². The molecule has 3 rings (SSSR count). The van der Waals surface area contributed by atoms with E-state index in [2.05, 4.69) is 43.6 Å². The van der Waals surface area contributed by atoms with Gasteiger partial charge in [-0.2, -0.15) is 0 Å². The van der Waals surface area contributed by atoms with Crippen LogP contribution in [0, 0.1) is 5.92 Å². The molecule has 2 bridgehead atoms. The van der Waals surface area contributed by atoms with Crippen LogP contribution in [0.5, 0.6) is 5.75 Å². The van der Waals surface area contributed by atoms with Crippen molar-refractivity contribution in [3.05, 3.63) is 42.0 Å². The number of benzene rings is 1. The van der Waals surface area contributed by atoms with E-state index in [9.17, 15) is 0 Å². The fourth-order valence-corrected chi connectivity index (χ4v) is 4.90. The van der Waals surface area contributed by atoms with Crippen LogP contribution in [0.1, 0.15) is 37.3 Å². The maximum Gasteiger partial charge on any atom is 0.119 e. The summed E-state index contributed by atoms with van der Waals surface area (Å²) in [7, 11) is 4.02. The van der Waals surface area contributed by atoms with Crippen LogP contribution in [0.15, 0.2) is 30.9 Å². The molecule has 1 aromatic rings. The Kier molecular flexibility index (Phi) is 3.83. The van der Waals surface area contributed by atoms with Gasteiger partial charge in [0.15, 0.2) is 0 Å². The topological polar surface area (TPSA) is 12.5 Å². The molecule has 0 heterocycles. The van der Waals surface area contributed by atoms with Gasteiger partial charge in [-0.05, 0) is 55.5 Å². The predicted molar refractivity (Wildman–Crippen MR) is 88.0 cm³/mol. The lowest BCUT2D eigenvalue weighted by atomic mass is 9.57. The SMILES string of the molecule is C=CCN(C)[C@@H]1C2CCC[C@]1(C)c1cc(OC)ccc1C2. The first-order valence-corrected chi connectivity index (χ1v) is 8.08. The monoisotopic (exact) mass is 285 g/mol. The van der Waals surface area contributed by atoms with Gasteiger partial charge in [0.05, 0.1) is 7.11 Å². The van der Waals surface area contributed by atoms with Crippen LogP contribution < -0.4 is 4.74 Å². The molecule has 1 unspecified atom stereocenters. The molecule has 3 atom stereocenters. The fraction of sp³-hybridized carbons (Fsp3) is 0.579. The van der Waals surface area contributed by atoms with E-state index in [1.807, 2.05) is 6.08 Å². The number of fused-ring (bicyclic) bond motifs is 4. The van der Waals surface area contributed by atoms with Crippen LogP contribution in [0.4, 0.5) is 0 Å². The Labute approximate surface area is 128 Å². The molecule has 2 aliphatic rings. The van der Waals surface area contributed by atoms with Crippen molar-refractivity contribution in [2.45, 2.75) is 44.1 Å². The number of hydrogen-bond acceptors (Lipinski definition) is 2. The quantitative estimate of drug-likeness (QED) is 0.780. The molecule has 2 nitrogen and oxygen atoms in total. The van der Waals surface area contributed by atoms with E-state index in [1.165, 1.54) is 36.8 Å². The average molecular weight is 285 g/mol. The largest absolute Gasteiger partial charge is 0.497 e. The number of ether oxygens (including phenoxy) is 1. The van der Waals surface area contributed by atoms with Gasteiger partial charge in [0.1, 0.15) is 5.75 Å². The molecule has 21 heavy (non-hydrogen) atoms. The van der Waals surface area contributed by atoms with E-state index in [-0.39, 0.29) is 5.41 Å². The molecule has 0 aromatic heterocycles. The van der Waals surface area contributed by atoms with Gasteiger partial charge < -0.3 is 4.74 Å². The van der Waals surface area contributed by atoms with Gasteiger partial charge in [-0.3, -0.25) is 4.90 Å². The van der Waals surface area contributed by atoms with Gasteiger partial charge in [-0.1, -0.05) is 25.5 Å². The average Bonchev–Trinajstić information content (AvgIpc) is 2.46. The highest BCUT2D eigenvalue weighted by molar-refractivity contribution is 5.45. The lowest BCUT2D eigenvalue weighted by molar-refractivity contribution is 0.0532. The molecule has 0 spiro atoms. The van der Waals surface area contributed by atoms with Gasteiger partial charge >= 0.3 is 0 Å². The smallest absolute Gasteiger partial charge is 0.119 e. The summed E-state index contributed by atoms with van der Waals surface area (Å²) >= 11 is 0. The van der Waals surface area contributed by atoms with Crippen molar-refractivity contribution in [1.29, 1.82) is 0 Å². The second-order valence-electron chi connectivity index (χ2n) is 6.97. The van der Waals surface area contributed by atoms with Crippen LogP contribution >= 0.6 is 0 Å². The van der Waals surface area contributed by atoms with Crippen molar-refractivity contribution in [3.8, 4) is 5.75 Å². The Balaban J connectivity index is 2.07. The third-order valence-corrected chi connectivity index (χ3v) is 5.68. The normalized spacial score (nSPS) is 30.9. The van der Waals surface area contributed by atoms with Crippen LogP contribution in [-0.4, -0.2) is 31.6 Å². The highest BCUT2D eigenvalue weighted by atomic mass is 16.5. The molecule has 0 N–H and O–H groups in total. The van der Waals surface area contributed by atoms with Crippen molar-refractivity contribution in [2.75, 3.05) is 20.7 Å². The minimum absolute atomic E-state index is 0.239. The zero-order valence-electron chi connectivity index (χ0n) is 13.6.